The fourth-order valence-electron chi connectivity index (χ4n) is 2.73. The first-order chi connectivity index (χ1) is 11.6. The average Bonchev–Trinajstić information content (AvgIpc) is 2.84. The van der Waals surface area contributed by atoms with E-state index < -0.39 is 5.97 Å². The van der Waals surface area contributed by atoms with E-state index in [1.165, 1.54) is 41.0 Å². The lowest BCUT2D eigenvalue weighted by Gasteiger charge is -2.06. The molecule has 1 amide bonds. The number of carbonyl (C=O) groups is 2. The van der Waals surface area contributed by atoms with Gasteiger partial charge in [0, 0.05) is 15.0 Å². The standard InChI is InChI=1S/C18H18BrNO3S/c19-13-6-4-7-14(10-13)20-17(21)11-23-18(22)16-9-12-5-2-1-3-8-15(12)24-16/h4,6-7,9-10H,1-3,5,8,11H2,(H,20,21). The lowest BCUT2D eigenvalue weighted by Crippen LogP contribution is -2.20. The average molecular weight is 408 g/mol. The predicted octanol–water partition coefficient (Wildman–Crippen LogP) is 4.58. The van der Waals surface area contributed by atoms with Crippen LogP contribution in [-0.4, -0.2) is 18.5 Å². The maximum Gasteiger partial charge on any atom is 0.348 e. The zero-order chi connectivity index (χ0) is 16.9. The van der Waals surface area contributed by atoms with Gasteiger partial charge in [0.2, 0.25) is 0 Å². The number of aryl methyl sites for hydroxylation is 2. The molecule has 0 saturated carbocycles. The zero-order valence-corrected chi connectivity index (χ0v) is 15.5. The van der Waals surface area contributed by atoms with E-state index in [0.717, 1.165) is 17.3 Å². The number of nitrogens with one attached hydrogen (secondary N) is 1. The number of thiophene rings is 1. The second-order valence-corrected chi connectivity index (χ2v) is 7.81. The second kappa shape index (κ2) is 7.94. The molecule has 3 rings (SSSR count). The molecule has 126 valence electrons. The maximum absolute atomic E-state index is 12.2. The third kappa shape index (κ3) is 4.45. The van der Waals surface area contributed by atoms with Gasteiger partial charge in [0.1, 0.15) is 4.88 Å². The van der Waals surface area contributed by atoms with Crippen LogP contribution in [0.3, 0.4) is 0 Å². The van der Waals surface area contributed by atoms with Crippen LogP contribution in [-0.2, 0) is 22.4 Å². The van der Waals surface area contributed by atoms with E-state index >= 15 is 0 Å². The Morgan fingerprint density at radius 1 is 1.17 bits per heavy atom. The van der Waals surface area contributed by atoms with Gasteiger partial charge in [-0.05, 0) is 55.5 Å². The largest absolute Gasteiger partial charge is 0.451 e. The van der Waals surface area contributed by atoms with Crippen molar-refractivity contribution in [2.75, 3.05) is 11.9 Å². The minimum Gasteiger partial charge on any atom is -0.451 e. The molecule has 6 heteroatoms. The first-order valence-corrected chi connectivity index (χ1v) is 9.57. The number of hydrogen-bond acceptors (Lipinski definition) is 4. The molecule has 4 nitrogen and oxygen atoms in total. The quantitative estimate of drug-likeness (QED) is 0.596. The van der Waals surface area contributed by atoms with Gasteiger partial charge in [0.15, 0.2) is 6.61 Å². The van der Waals surface area contributed by atoms with E-state index in [1.807, 2.05) is 18.2 Å². The van der Waals surface area contributed by atoms with Gasteiger partial charge in [0.05, 0.1) is 0 Å². The number of anilines is 1. The monoisotopic (exact) mass is 407 g/mol. The Balaban J connectivity index is 1.54. The molecule has 24 heavy (non-hydrogen) atoms. The SMILES string of the molecule is O=C(COC(=O)c1cc2c(s1)CCCCC2)Nc1cccc(Br)c1. The summed E-state index contributed by atoms with van der Waals surface area (Å²) < 4.78 is 6.02. The molecule has 1 heterocycles. The summed E-state index contributed by atoms with van der Waals surface area (Å²) in [6.07, 6.45) is 5.67. The van der Waals surface area contributed by atoms with E-state index in [2.05, 4.69) is 21.2 Å². The number of carbonyl (C=O) groups excluding carboxylic acids is 2. The molecule has 0 aliphatic heterocycles. The normalized spacial score (nSPS) is 13.7. The van der Waals surface area contributed by atoms with E-state index in [4.69, 9.17) is 4.74 Å². The van der Waals surface area contributed by atoms with Crippen LogP contribution in [0.2, 0.25) is 0 Å². The second-order valence-electron chi connectivity index (χ2n) is 5.75. The van der Waals surface area contributed by atoms with Crippen molar-refractivity contribution in [2.24, 2.45) is 0 Å². The van der Waals surface area contributed by atoms with Crippen molar-refractivity contribution in [3.05, 3.63) is 50.1 Å². The number of amides is 1. The Morgan fingerprint density at radius 3 is 2.83 bits per heavy atom. The van der Waals surface area contributed by atoms with Crippen molar-refractivity contribution in [2.45, 2.75) is 32.1 Å². The summed E-state index contributed by atoms with van der Waals surface area (Å²) in [5, 5.41) is 2.70. The van der Waals surface area contributed by atoms with E-state index in [0.29, 0.717) is 10.6 Å². The molecule has 0 atom stereocenters. The summed E-state index contributed by atoms with van der Waals surface area (Å²) in [7, 11) is 0. The van der Waals surface area contributed by atoms with Crippen LogP contribution < -0.4 is 5.32 Å². The zero-order valence-electron chi connectivity index (χ0n) is 13.1. The smallest absolute Gasteiger partial charge is 0.348 e. The Kier molecular flexibility index (Phi) is 5.68. The minimum atomic E-state index is -0.419. The van der Waals surface area contributed by atoms with Crippen LogP contribution in [0.5, 0.6) is 0 Å². The fraction of sp³-hybridized carbons (Fsp3) is 0.333. The minimum absolute atomic E-state index is 0.284. The number of rotatable bonds is 4. The van der Waals surface area contributed by atoms with Crippen molar-refractivity contribution in [3.8, 4) is 0 Å². The summed E-state index contributed by atoms with van der Waals surface area (Å²) in [6.45, 7) is -0.284. The van der Waals surface area contributed by atoms with Gasteiger partial charge < -0.3 is 10.1 Å². The van der Waals surface area contributed by atoms with Crippen LogP contribution in [0.15, 0.2) is 34.8 Å². The van der Waals surface area contributed by atoms with Crippen molar-refractivity contribution in [1.29, 1.82) is 0 Å². The summed E-state index contributed by atoms with van der Waals surface area (Å²) in [6, 6.07) is 9.19. The molecular formula is C18H18BrNO3S. The molecule has 1 aliphatic rings. The first kappa shape index (κ1) is 17.2. The van der Waals surface area contributed by atoms with Gasteiger partial charge in [-0.25, -0.2) is 4.79 Å². The van der Waals surface area contributed by atoms with Crippen molar-refractivity contribution in [1.82, 2.24) is 0 Å². The topological polar surface area (TPSA) is 55.4 Å². The third-order valence-corrected chi connectivity index (χ3v) is 5.60. The van der Waals surface area contributed by atoms with E-state index in [9.17, 15) is 9.59 Å². The Bertz CT molecular complexity index is 733. The molecule has 0 fully saturated rings. The molecule has 2 aromatic rings. The number of halogens is 1. The Hall–Kier alpha value is -1.66. The highest BCUT2D eigenvalue weighted by Gasteiger charge is 2.18. The fourth-order valence-corrected chi connectivity index (χ4v) is 4.28. The van der Waals surface area contributed by atoms with Gasteiger partial charge in [-0.1, -0.05) is 28.4 Å². The van der Waals surface area contributed by atoms with Crippen molar-refractivity contribution in [3.63, 3.8) is 0 Å². The maximum atomic E-state index is 12.2. The Labute approximate surface area is 153 Å². The molecule has 0 unspecified atom stereocenters. The molecule has 0 saturated heterocycles. The van der Waals surface area contributed by atoms with Crippen LogP contribution in [0.1, 0.15) is 39.4 Å². The lowest BCUT2D eigenvalue weighted by molar-refractivity contribution is -0.119. The van der Waals surface area contributed by atoms with Gasteiger partial charge in [-0.3, -0.25) is 4.79 Å². The molecule has 1 aromatic heterocycles. The molecular weight excluding hydrogens is 390 g/mol. The molecule has 1 N–H and O–H groups in total. The van der Waals surface area contributed by atoms with Gasteiger partial charge in [-0.2, -0.15) is 0 Å². The number of benzene rings is 1. The molecule has 0 bridgehead atoms. The number of esters is 1. The van der Waals surface area contributed by atoms with Crippen LogP contribution in [0.25, 0.3) is 0 Å². The lowest BCUT2D eigenvalue weighted by atomic mass is 10.1. The number of fused-ring (bicyclic) bond motifs is 1. The van der Waals surface area contributed by atoms with Crippen LogP contribution in [0.4, 0.5) is 5.69 Å². The highest BCUT2D eigenvalue weighted by atomic mass is 79.9. The van der Waals surface area contributed by atoms with Gasteiger partial charge in [-0.15, -0.1) is 11.3 Å². The predicted molar refractivity (Wildman–Crippen MR) is 98.6 cm³/mol. The highest BCUT2D eigenvalue weighted by molar-refractivity contribution is 9.10. The van der Waals surface area contributed by atoms with Gasteiger partial charge >= 0.3 is 5.97 Å². The Morgan fingerprint density at radius 2 is 2.00 bits per heavy atom. The number of ether oxygens (including phenoxy) is 1. The molecule has 1 aliphatic carbocycles. The molecule has 1 aromatic carbocycles. The summed E-state index contributed by atoms with van der Waals surface area (Å²) in [4.78, 5) is 25.9. The van der Waals surface area contributed by atoms with Gasteiger partial charge in [0.25, 0.3) is 5.91 Å². The highest BCUT2D eigenvalue weighted by Crippen LogP contribution is 2.29. The first-order valence-electron chi connectivity index (χ1n) is 7.96. The number of hydrogen-bond donors (Lipinski definition) is 1. The van der Waals surface area contributed by atoms with Crippen LogP contribution in [0, 0.1) is 0 Å². The van der Waals surface area contributed by atoms with Crippen LogP contribution >= 0.6 is 27.3 Å². The summed E-state index contributed by atoms with van der Waals surface area (Å²) >= 11 is 4.84. The summed E-state index contributed by atoms with van der Waals surface area (Å²) in [5.74, 6) is -0.767. The van der Waals surface area contributed by atoms with Crippen molar-refractivity contribution < 1.29 is 14.3 Å². The van der Waals surface area contributed by atoms with E-state index in [1.54, 1.807) is 12.1 Å². The third-order valence-electron chi connectivity index (χ3n) is 3.89. The summed E-state index contributed by atoms with van der Waals surface area (Å²) in [5.41, 5.74) is 1.93. The molecule has 0 radical (unpaired) electrons. The van der Waals surface area contributed by atoms with E-state index in [-0.39, 0.29) is 12.5 Å². The molecule has 0 spiro atoms. The van der Waals surface area contributed by atoms with Crippen molar-refractivity contribution >= 4 is 44.8 Å².